The van der Waals surface area contributed by atoms with Gasteiger partial charge in [-0.2, -0.15) is 0 Å². The van der Waals surface area contributed by atoms with Crippen LogP contribution in [-0.2, 0) is 11.3 Å². The molecule has 0 N–H and O–H groups in total. The molecule has 0 aromatic heterocycles. The molecular formula is C31H50O. The normalized spacial score (nSPS) is 28.2. The molecule has 1 aromatic rings. The third-order valence-electron chi connectivity index (χ3n) is 9.11. The van der Waals surface area contributed by atoms with Gasteiger partial charge >= 0.3 is 0 Å². The number of unbranched alkanes of at least 4 members (excludes halogenated alkanes) is 1. The fraction of sp³-hybridized carbons (Fsp3) is 0.742. The predicted molar refractivity (Wildman–Crippen MR) is 139 cm³/mol. The van der Waals surface area contributed by atoms with Crippen molar-refractivity contribution in [3.8, 4) is 0 Å². The molecule has 2 fully saturated rings. The first-order valence-electron chi connectivity index (χ1n) is 13.9. The molecule has 2 unspecified atom stereocenters. The molecule has 1 aromatic carbocycles. The molecule has 2 saturated carbocycles. The van der Waals surface area contributed by atoms with Crippen molar-refractivity contribution >= 4 is 0 Å². The SMILES string of the molecule is C=CCC1CCC(C(C)C2CCC(C(CC)CCCCOCc3ccccc3)CC2)CC1. The number of hydrogen-bond donors (Lipinski definition) is 0. The van der Waals surface area contributed by atoms with E-state index in [1.807, 2.05) is 0 Å². The first-order valence-corrected chi connectivity index (χ1v) is 13.9. The second-order valence-corrected chi connectivity index (χ2v) is 11.0. The van der Waals surface area contributed by atoms with Crippen LogP contribution in [0.3, 0.4) is 0 Å². The van der Waals surface area contributed by atoms with Crippen LogP contribution in [0.5, 0.6) is 0 Å². The molecule has 180 valence electrons. The topological polar surface area (TPSA) is 9.23 Å². The Morgan fingerprint density at radius 1 is 0.906 bits per heavy atom. The maximum atomic E-state index is 5.89. The lowest BCUT2D eigenvalue weighted by Crippen LogP contribution is -2.30. The molecule has 0 radical (unpaired) electrons. The Kier molecular flexibility index (Phi) is 11.4. The standard InChI is InChI=1S/C31H50O/c1-4-11-26-15-17-29(18-16-26)25(3)30-19-21-31(22-20-30)28(5-2)14-9-10-23-32-24-27-12-7-6-8-13-27/h4,6-8,12-13,25-26,28-31H,1,5,9-11,14-24H2,2-3H3. The van der Waals surface area contributed by atoms with Gasteiger partial charge in [0.05, 0.1) is 6.61 Å². The molecule has 0 amide bonds. The summed E-state index contributed by atoms with van der Waals surface area (Å²) in [4.78, 5) is 0. The molecule has 0 spiro atoms. The van der Waals surface area contributed by atoms with Gasteiger partial charge in [-0.25, -0.2) is 0 Å². The highest BCUT2D eigenvalue weighted by Gasteiger charge is 2.33. The maximum absolute atomic E-state index is 5.89. The first-order chi connectivity index (χ1) is 15.7. The Morgan fingerprint density at radius 2 is 1.53 bits per heavy atom. The van der Waals surface area contributed by atoms with E-state index in [0.717, 1.165) is 48.7 Å². The minimum absolute atomic E-state index is 0.760. The summed E-state index contributed by atoms with van der Waals surface area (Å²) in [5.41, 5.74) is 1.29. The summed E-state index contributed by atoms with van der Waals surface area (Å²) in [6.45, 7) is 10.6. The van der Waals surface area contributed by atoms with Gasteiger partial charge in [-0.15, -0.1) is 6.58 Å². The molecule has 1 nitrogen and oxygen atoms in total. The van der Waals surface area contributed by atoms with Crippen LogP contribution in [0.1, 0.15) is 103 Å². The minimum Gasteiger partial charge on any atom is -0.377 e. The molecule has 1 heteroatoms. The van der Waals surface area contributed by atoms with E-state index in [-0.39, 0.29) is 0 Å². The van der Waals surface area contributed by atoms with Crippen LogP contribution in [0.2, 0.25) is 0 Å². The largest absolute Gasteiger partial charge is 0.377 e. The molecule has 0 bridgehead atoms. The van der Waals surface area contributed by atoms with Crippen molar-refractivity contribution in [1.29, 1.82) is 0 Å². The van der Waals surface area contributed by atoms with Crippen molar-refractivity contribution < 1.29 is 4.74 Å². The Hall–Kier alpha value is -1.08. The van der Waals surface area contributed by atoms with E-state index in [4.69, 9.17) is 4.74 Å². The van der Waals surface area contributed by atoms with Crippen molar-refractivity contribution in [2.75, 3.05) is 6.61 Å². The van der Waals surface area contributed by atoms with E-state index in [2.05, 4.69) is 56.8 Å². The summed E-state index contributed by atoms with van der Waals surface area (Å²) in [7, 11) is 0. The maximum Gasteiger partial charge on any atom is 0.0716 e. The second-order valence-electron chi connectivity index (χ2n) is 11.0. The molecule has 3 rings (SSSR count). The van der Waals surface area contributed by atoms with Crippen molar-refractivity contribution in [3.05, 3.63) is 48.6 Å². The summed E-state index contributed by atoms with van der Waals surface area (Å²) in [6, 6.07) is 10.6. The molecule has 0 aliphatic heterocycles. The van der Waals surface area contributed by atoms with Gasteiger partial charge < -0.3 is 4.74 Å². The van der Waals surface area contributed by atoms with Gasteiger partial charge in [-0.1, -0.05) is 69.5 Å². The lowest BCUT2D eigenvalue weighted by Gasteiger charge is -2.40. The van der Waals surface area contributed by atoms with E-state index in [9.17, 15) is 0 Å². The van der Waals surface area contributed by atoms with Crippen LogP contribution in [-0.4, -0.2) is 6.61 Å². The average molecular weight is 439 g/mol. The Morgan fingerprint density at radius 3 is 2.16 bits per heavy atom. The quantitative estimate of drug-likeness (QED) is 0.220. The van der Waals surface area contributed by atoms with Crippen molar-refractivity contribution in [2.45, 2.75) is 104 Å². The molecule has 2 aliphatic carbocycles. The van der Waals surface area contributed by atoms with Gasteiger partial charge in [0, 0.05) is 6.61 Å². The summed E-state index contributed by atoms with van der Waals surface area (Å²) in [6.07, 6.45) is 20.5. The third-order valence-corrected chi connectivity index (χ3v) is 9.11. The zero-order valence-corrected chi connectivity index (χ0v) is 21.2. The molecular weight excluding hydrogens is 388 g/mol. The molecule has 32 heavy (non-hydrogen) atoms. The highest BCUT2D eigenvalue weighted by molar-refractivity contribution is 5.13. The highest BCUT2D eigenvalue weighted by Crippen LogP contribution is 2.44. The van der Waals surface area contributed by atoms with Gasteiger partial charge in [0.2, 0.25) is 0 Å². The summed E-state index contributed by atoms with van der Waals surface area (Å²) in [5.74, 6) is 5.79. The number of hydrogen-bond acceptors (Lipinski definition) is 1. The van der Waals surface area contributed by atoms with Gasteiger partial charge in [0.15, 0.2) is 0 Å². The predicted octanol–water partition coefficient (Wildman–Crippen LogP) is 9.22. The second kappa shape index (κ2) is 14.2. The lowest BCUT2D eigenvalue weighted by atomic mass is 9.65. The Balaban J connectivity index is 1.29. The Labute approximate surface area is 199 Å². The van der Waals surface area contributed by atoms with Gasteiger partial charge in [-0.05, 0) is 105 Å². The van der Waals surface area contributed by atoms with Gasteiger partial charge in [0.25, 0.3) is 0 Å². The van der Waals surface area contributed by atoms with Gasteiger partial charge in [-0.3, -0.25) is 0 Å². The third kappa shape index (κ3) is 8.05. The molecule has 0 heterocycles. The molecule has 0 saturated heterocycles. The van der Waals surface area contributed by atoms with Crippen molar-refractivity contribution in [3.63, 3.8) is 0 Å². The Bertz CT molecular complexity index is 607. The van der Waals surface area contributed by atoms with Crippen LogP contribution >= 0.6 is 0 Å². The van der Waals surface area contributed by atoms with E-state index < -0.39 is 0 Å². The monoisotopic (exact) mass is 438 g/mol. The van der Waals surface area contributed by atoms with Crippen molar-refractivity contribution in [1.82, 2.24) is 0 Å². The zero-order valence-electron chi connectivity index (χ0n) is 21.2. The van der Waals surface area contributed by atoms with E-state index in [1.54, 1.807) is 0 Å². The van der Waals surface area contributed by atoms with E-state index in [1.165, 1.54) is 89.0 Å². The van der Waals surface area contributed by atoms with Crippen LogP contribution in [0, 0.1) is 35.5 Å². The van der Waals surface area contributed by atoms with Crippen LogP contribution in [0.25, 0.3) is 0 Å². The van der Waals surface area contributed by atoms with Crippen molar-refractivity contribution in [2.24, 2.45) is 35.5 Å². The summed E-state index contributed by atoms with van der Waals surface area (Å²) >= 11 is 0. The number of ether oxygens (including phenoxy) is 1. The fourth-order valence-electron chi connectivity index (χ4n) is 6.86. The summed E-state index contributed by atoms with van der Waals surface area (Å²) < 4.78 is 5.89. The van der Waals surface area contributed by atoms with Gasteiger partial charge in [0.1, 0.15) is 0 Å². The van der Waals surface area contributed by atoms with Crippen LogP contribution < -0.4 is 0 Å². The summed E-state index contributed by atoms with van der Waals surface area (Å²) in [5, 5.41) is 0. The number of benzene rings is 1. The lowest BCUT2D eigenvalue weighted by molar-refractivity contribution is 0.100. The minimum atomic E-state index is 0.760. The van der Waals surface area contributed by atoms with Crippen LogP contribution in [0.4, 0.5) is 0 Å². The van der Waals surface area contributed by atoms with E-state index in [0.29, 0.717) is 0 Å². The highest BCUT2D eigenvalue weighted by atomic mass is 16.5. The van der Waals surface area contributed by atoms with E-state index >= 15 is 0 Å². The molecule has 2 atom stereocenters. The molecule has 2 aliphatic rings. The average Bonchev–Trinajstić information content (AvgIpc) is 2.85. The smallest absolute Gasteiger partial charge is 0.0716 e. The number of allylic oxidation sites excluding steroid dienone is 1. The van der Waals surface area contributed by atoms with Crippen LogP contribution in [0.15, 0.2) is 43.0 Å². The number of rotatable bonds is 13. The first kappa shape index (κ1) is 25.5. The zero-order chi connectivity index (χ0) is 22.6. The fourth-order valence-corrected chi connectivity index (χ4v) is 6.86.